The molecule has 5 heteroatoms. The van der Waals surface area contributed by atoms with Gasteiger partial charge in [-0.1, -0.05) is 0 Å². The van der Waals surface area contributed by atoms with Crippen LogP contribution in [0.25, 0.3) is 0 Å². The number of hydrogen-bond acceptors (Lipinski definition) is 3. The first kappa shape index (κ1) is 17.0. The number of ether oxygens (including phenoxy) is 1. The zero-order chi connectivity index (χ0) is 16.1. The number of nitrogens with one attached hydrogen (secondary N) is 1. The van der Waals surface area contributed by atoms with Gasteiger partial charge in [-0.2, -0.15) is 0 Å². The lowest BCUT2D eigenvalue weighted by Crippen LogP contribution is -2.42. The summed E-state index contributed by atoms with van der Waals surface area (Å²) in [5.74, 6) is 2.67. The van der Waals surface area contributed by atoms with Gasteiger partial charge in [0.05, 0.1) is 0 Å². The number of aliphatic imine (C=N–C) groups is 1. The minimum Gasteiger partial charge on any atom is -0.381 e. The first-order valence-electron chi connectivity index (χ1n) is 9.50. The molecule has 3 rings (SSSR count). The molecule has 2 saturated heterocycles. The van der Waals surface area contributed by atoms with Gasteiger partial charge in [0, 0.05) is 53.0 Å². The quantitative estimate of drug-likeness (QED) is 0.598. The maximum atomic E-state index is 5.45. The minimum absolute atomic E-state index is 0.788. The van der Waals surface area contributed by atoms with E-state index in [1.807, 2.05) is 7.05 Å². The zero-order valence-corrected chi connectivity index (χ0v) is 15.0. The first-order valence-corrected chi connectivity index (χ1v) is 9.50. The Hall–Kier alpha value is -0.810. The van der Waals surface area contributed by atoms with Crippen LogP contribution in [0.3, 0.4) is 0 Å². The summed E-state index contributed by atoms with van der Waals surface area (Å²) < 4.78 is 5.45. The molecular weight excluding hydrogens is 288 g/mol. The van der Waals surface area contributed by atoms with Gasteiger partial charge in [-0.05, 0) is 56.9 Å². The van der Waals surface area contributed by atoms with Crippen molar-refractivity contribution in [2.75, 3.05) is 53.5 Å². The van der Waals surface area contributed by atoms with E-state index in [-0.39, 0.29) is 0 Å². The summed E-state index contributed by atoms with van der Waals surface area (Å²) in [4.78, 5) is 9.45. The normalized spacial score (nSPS) is 27.4. The SMILES string of the molecule is CN=C(NCC1CCN(C2CC2)C1)N(C)CCC1CCOCC1. The van der Waals surface area contributed by atoms with Crippen molar-refractivity contribution in [1.82, 2.24) is 15.1 Å². The van der Waals surface area contributed by atoms with E-state index in [4.69, 9.17) is 4.74 Å². The largest absolute Gasteiger partial charge is 0.381 e. The molecule has 1 unspecified atom stereocenters. The van der Waals surface area contributed by atoms with Crippen molar-refractivity contribution in [2.24, 2.45) is 16.8 Å². The number of rotatable bonds is 6. The van der Waals surface area contributed by atoms with Gasteiger partial charge in [0.15, 0.2) is 5.96 Å². The Morgan fingerprint density at radius 3 is 2.65 bits per heavy atom. The van der Waals surface area contributed by atoms with E-state index >= 15 is 0 Å². The predicted molar refractivity (Wildman–Crippen MR) is 94.9 cm³/mol. The van der Waals surface area contributed by atoms with Gasteiger partial charge in [0.2, 0.25) is 0 Å². The van der Waals surface area contributed by atoms with Gasteiger partial charge in [-0.3, -0.25) is 4.99 Å². The van der Waals surface area contributed by atoms with Gasteiger partial charge in [0.1, 0.15) is 0 Å². The summed E-state index contributed by atoms with van der Waals surface area (Å²) in [5, 5.41) is 3.60. The number of likely N-dealkylation sites (tertiary alicyclic amines) is 1. The van der Waals surface area contributed by atoms with Crippen LogP contribution in [0.5, 0.6) is 0 Å². The van der Waals surface area contributed by atoms with E-state index in [1.54, 1.807) is 0 Å². The molecule has 0 bridgehead atoms. The van der Waals surface area contributed by atoms with Crippen molar-refractivity contribution >= 4 is 5.96 Å². The second kappa shape index (κ2) is 8.34. The van der Waals surface area contributed by atoms with Crippen LogP contribution in [0.15, 0.2) is 4.99 Å². The van der Waals surface area contributed by atoms with Gasteiger partial charge in [-0.25, -0.2) is 0 Å². The molecule has 132 valence electrons. The van der Waals surface area contributed by atoms with Crippen molar-refractivity contribution in [3.63, 3.8) is 0 Å². The number of hydrogen-bond donors (Lipinski definition) is 1. The smallest absolute Gasteiger partial charge is 0.193 e. The van der Waals surface area contributed by atoms with Crippen molar-refractivity contribution in [3.05, 3.63) is 0 Å². The molecule has 0 amide bonds. The maximum Gasteiger partial charge on any atom is 0.193 e. The molecule has 0 spiro atoms. The molecule has 1 atom stereocenters. The highest BCUT2D eigenvalue weighted by Crippen LogP contribution is 2.31. The summed E-state index contributed by atoms with van der Waals surface area (Å²) in [7, 11) is 4.07. The number of nitrogens with zero attached hydrogens (tertiary/aromatic N) is 3. The molecule has 5 nitrogen and oxygen atoms in total. The highest BCUT2D eigenvalue weighted by atomic mass is 16.5. The van der Waals surface area contributed by atoms with Gasteiger partial charge in [0.25, 0.3) is 0 Å². The topological polar surface area (TPSA) is 40.1 Å². The van der Waals surface area contributed by atoms with E-state index in [0.29, 0.717) is 0 Å². The monoisotopic (exact) mass is 322 g/mol. The molecular formula is C18H34N4O. The first-order chi connectivity index (χ1) is 11.3. The molecule has 0 radical (unpaired) electrons. The molecule has 1 N–H and O–H groups in total. The third-order valence-electron chi connectivity index (χ3n) is 5.72. The Morgan fingerprint density at radius 2 is 1.96 bits per heavy atom. The van der Waals surface area contributed by atoms with E-state index in [1.165, 1.54) is 51.6 Å². The van der Waals surface area contributed by atoms with Crippen LogP contribution in [0.4, 0.5) is 0 Å². The highest BCUT2D eigenvalue weighted by molar-refractivity contribution is 5.79. The lowest BCUT2D eigenvalue weighted by atomic mass is 9.96. The predicted octanol–water partition coefficient (Wildman–Crippen LogP) is 1.79. The third-order valence-corrected chi connectivity index (χ3v) is 5.72. The average Bonchev–Trinajstić information content (AvgIpc) is 3.33. The van der Waals surface area contributed by atoms with Crippen LogP contribution in [-0.2, 0) is 4.74 Å². The fourth-order valence-corrected chi connectivity index (χ4v) is 3.94. The fraction of sp³-hybridized carbons (Fsp3) is 0.944. The Labute approximate surface area is 141 Å². The van der Waals surface area contributed by atoms with E-state index < -0.39 is 0 Å². The highest BCUT2D eigenvalue weighted by Gasteiger charge is 2.34. The van der Waals surface area contributed by atoms with Crippen molar-refractivity contribution in [2.45, 2.75) is 44.6 Å². The molecule has 2 aliphatic heterocycles. The van der Waals surface area contributed by atoms with Crippen LogP contribution >= 0.6 is 0 Å². The summed E-state index contributed by atoms with van der Waals surface area (Å²) in [6.07, 6.45) is 7.89. The lowest BCUT2D eigenvalue weighted by Gasteiger charge is -2.27. The molecule has 3 fully saturated rings. The van der Waals surface area contributed by atoms with Crippen LogP contribution < -0.4 is 5.32 Å². The minimum atomic E-state index is 0.788. The summed E-state index contributed by atoms with van der Waals surface area (Å²) in [6, 6.07) is 0.918. The maximum absolute atomic E-state index is 5.45. The van der Waals surface area contributed by atoms with Gasteiger partial charge in [-0.15, -0.1) is 0 Å². The fourth-order valence-electron chi connectivity index (χ4n) is 3.94. The molecule has 2 heterocycles. The molecule has 0 aromatic carbocycles. The lowest BCUT2D eigenvalue weighted by molar-refractivity contribution is 0.0625. The summed E-state index contributed by atoms with van der Waals surface area (Å²) >= 11 is 0. The van der Waals surface area contributed by atoms with Gasteiger partial charge >= 0.3 is 0 Å². The Balaban J connectivity index is 1.35. The van der Waals surface area contributed by atoms with Crippen molar-refractivity contribution < 1.29 is 4.74 Å². The molecule has 1 aliphatic carbocycles. The van der Waals surface area contributed by atoms with Crippen molar-refractivity contribution in [1.29, 1.82) is 0 Å². The van der Waals surface area contributed by atoms with E-state index in [9.17, 15) is 0 Å². The van der Waals surface area contributed by atoms with Crippen LogP contribution in [0, 0.1) is 11.8 Å². The Morgan fingerprint density at radius 1 is 1.17 bits per heavy atom. The van der Waals surface area contributed by atoms with Crippen LogP contribution in [0.1, 0.15) is 38.5 Å². The Bertz CT molecular complexity index is 390. The standard InChI is InChI=1S/C18H34N4O/c1-19-18(21(2)9-5-15-7-11-23-12-8-15)20-13-16-6-10-22(14-16)17-3-4-17/h15-17H,3-14H2,1-2H3,(H,19,20). The molecule has 0 aromatic rings. The van der Waals surface area contributed by atoms with Crippen molar-refractivity contribution in [3.8, 4) is 0 Å². The van der Waals surface area contributed by atoms with Gasteiger partial charge < -0.3 is 19.9 Å². The molecule has 1 saturated carbocycles. The molecule has 23 heavy (non-hydrogen) atoms. The van der Waals surface area contributed by atoms with Crippen LogP contribution in [-0.4, -0.2) is 75.3 Å². The molecule has 3 aliphatic rings. The summed E-state index contributed by atoms with van der Waals surface area (Å²) in [6.45, 7) is 6.62. The van der Waals surface area contributed by atoms with E-state index in [0.717, 1.165) is 50.1 Å². The second-order valence-electron chi connectivity index (χ2n) is 7.57. The third kappa shape index (κ3) is 5.08. The zero-order valence-electron chi connectivity index (χ0n) is 15.0. The average molecular weight is 322 g/mol. The summed E-state index contributed by atoms with van der Waals surface area (Å²) in [5.41, 5.74) is 0. The molecule has 0 aromatic heterocycles. The van der Waals surface area contributed by atoms with Crippen LogP contribution in [0.2, 0.25) is 0 Å². The second-order valence-corrected chi connectivity index (χ2v) is 7.57. The van der Waals surface area contributed by atoms with E-state index in [2.05, 4.69) is 27.2 Å². The Kier molecular flexibility index (Phi) is 6.17. The number of guanidine groups is 1.